The first-order valence-corrected chi connectivity index (χ1v) is 8.46. The van der Waals surface area contributed by atoms with E-state index in [0.717, 1.165) is 12.8 Å². The number of benzene rings is 2. The topological polar surface area (TPSA) is 40.6 Å². The number of para-hydroxylation sites is 1. The van der Waals surface area contributed by atoms with Crippen molar-refractivity contribution in [3.8, 4) is 0 Å². The van der Waals surface area contributed by atoms with Crippen LogP contribution in [0.3, 0.4) is 0 Å². The molecule has 0 fully saturated rings. The number of amides is 2. The van der Waals surface area contributed by atoms with Gasteiger partial charge in [0.1, 0.15) is 0 Å². The fraction of sp³-hybridized carbons (Fsp3) is 0.300. The van der Waals surface area contributed by atoms with E-state index in [0.29, 0.717) is 30.3 Å². The molecule has 0 saturated heterocycles. The van der Waals surface area contributed by atoms with Gasteiger partial charge in [-0.05, 0) is 43.5 Å². The van der Waals surface area contributed by atoms with Gasteiger partial charge in [-0.15, -0.1) is 0 Å². The van der Waals surface area contributed by atoms with Crippen LogP contribution in [0.15, 0.2) is 48.5 Å². The van der Waals surface area contributed by atoms with Crippen molar-refractivity contribution in [3.05, 3.63) is 65.2 Å². The highest BCUT2D eigenvalue weighted by atomic mass is 16.2. The number of carbonyl (C=O) groups is 2. The lowest BCUT2D eigenvalue weighted by Gasteiger charge is -2.37. The monoisotopic (exact) mass is 320 g/mol. The van der Waals surface area contributed by atoms with E-state index in [2.05, 4.69) is 30.0 Å². The summed E-state index contributed by atoms with van der Waals surface area (Å²) in [4.78, 5) is 28.7. The summed E-state index contributed by atoms with van der Waals surface area (Å²) in [7, 11) is 0. The van der Waals surface area contributed by atoms with Gasteiger partial charge in [0.05, 0.1) is 11.1 Å². The van der Waals surface area contributed by atoms with Crippen LogP contribution in [0.4, 0.5) is 5.69 Å². The Labute approximate surface area is 141 Å². The molecule has 4 heteroatoms. The van der Waals surface area contributed by atoms with E-state index in [4.69, 9.17) is 0 Å². The molecule has 2 aromatic rings. The van der Waals surface area contributed by atoms with E-state index in [-0.39, 0.29) is 11.8 Å². The molecule has 2 aromatic carbocycles. The molecule has 0 aliphatic carbocycles. The van der Waals surface area contributed by atoms with Crippen LogP contribution in [-0.4, -0.2) is 35.8 Å². The van der Waals surface area contributed by atoms with Gasteiger partial charge < -0.3 is 4.90 Å². The van der Waals surface area contributed by atoms with Gasteiger partial charge in [-0.2, -0.15) is 0 Å². The lowest BCUT2D eigenvalue weighted by atomic mass is 9.97. The number of anilines is 1. The number of imide groups is 1. The second-order valence-corrected chi connectivity index (χ2v) is 6.52. The molecule has 0 saturated carbocycles. The Morgan fingerprint density at radius 3 is 2.25 bits per heavy atom. The second kappa shape index (κ2) is 5.78. The minimum absolute atomic E-state index is 0.173. The summed E-state index contributed by atoms with van der Waals surface area (Å²) >= 11 is 0. The predicted octanol–water partition coefficient (Wildman–Crippen LogP) is 3.12. The third-order valence-corrected chi connectivity index (χ3v) is 5.11. The van der Waals surface area contributed by atoms with Gasteiger partial charge in [-0.3, -0.25) is 14.5 Å². The maximum absolute atomic E-state index is 12.5. The Morgan fingerprint density at radius 2 is 1.54 bits per heavy atom. The summed E-state index contributed by atoms with van der Waals surface area (Å²) in [6.45, 7) is 3.30. The zero-order chi connectivity index (χ0) is 16.7. The number of hydrogen-bond acceptors (Lipinski definition) is 3. The van der Waals surface area contributed by atoms with Gasteiger partial charge >= 0.3 is 0 Å². The zero-order valence-electron chi connectivity index (χ0n) is 13.7. The molecule has 122 valence electrons. The average Bonchev–Trinajstić information content (AvgIpc) is 2.86. The molecular formula is C20H20N2O2. The van der Waals surface area contributed by atoms with Crippen molar-refractivity contribution < 1.29 is 9.59 Å². The van der Waals surface area contributed by atoms with Crippen LogP contribution in [-0.2, 0) is 6.42 Å². The number of fused-ring (bicyclic) bond motifs is 2. The third kappa shape index (κ3) is 2.30. The molecule has 4 rings (SSSR count). The Kier molecular flexibility index (Phi) is 3.60. The van der Waals surface area contributed by atoms with Crippen LogP contribution >= 0.6 is 0 Å². The molecule has 0 N–H and O–H groups in total. The molecule has 4 nitrogen and oxygen atoms in total. The van der Waals surface area contributed by atoms with Crippen LogP contribution in [0.25, 0.3) is 0 Å². The van der Waals surface area contributed by atoms with Crippen LogP contribution < -0.4 is 4.90 Å². The highest BCUT2D eigenvalue weighted by molar-refractivity contribution is 6.21. The molecular weight excluding hydrogens is 300 g/mol. The van der Waals surface area contributed by atoms with E-state index in [9.17, 15) is 9.59 Å². The van der Waals surface area contributed by atoms with E-state index < -0.39 is 0 Å². The predicted molar refractivity (Wildman–Crippen MR) is 93.4 cm³/mol. The standard InChI is InChI=1S/C20H20N2O2/c1-14-10-11-15-6-2-5-9-18(15)21(14)12-13-22-19(23)16-7-3-4-8-17(16)20(22)24/h2-9,14H,10-13H2,1H3. The lowest BCUT2D eigenvalue weighted by Crippen LogP contribution is -2.44. The molecule has 0 bridgehead atoms. The number of hydrogen-bond donors (Lipinski definition) is 0. The fourth-order valence-corrected chi connectivity index (χ4v) is 3.75. The Morgan fingerprint density at radius 1 is 0.917 bits per heavy atom. The van der Waals surface area contributed by atoms with Gasteiger partial charge in [0.2, 0.25) is 0 Å². The minimum atomic E-state index is -0.173. The van der Waals surface area contributed by atoms with Crippen LogP contribution in [0.2, 0.25) is 0 Å². The maximum Gasteiger partial charge on any atom is 0.261 e. The number of rotatable bonds is 3. The summed E-state index contributed by atoms with van der Waals surface area (Å²) in [5.41, 5.74) is 3.62. The number of aryl methyl sites for hydroxylation is 1. The number of carbonyl (C=O) groups excluding carboxylic acids is 2. The van der Waals surface area contributed by atoms with E-state index in [1.165, 1.54) is 16.2 Å². The molecule has 1 unspecified atom stereocenters. The highest BCUT2D eigenvalue weighted by Crippen LogP contribution is 2.30. The van der Waals surface area contributed by atoms with Crippen molar-refractivity contribution in [2.45, 2.75) is 25.8 Å². The first-order chi connectivity index (χ1) is 11.7. The summed E-state index contributed by atoms with van der Waals surface area (Å²) in [6, 6.07) is 15.9. The maximum atomic E-state index is 12.5. The first-order valence-electron chi connectivity index (χ1n) is 8.46. The smallest absolute Gasteiger partial charge is 0.261 e. The SMILES string of the molecule is CC1CCc2ccccc2N1CCN1C(=O)c2ccccc2C1=O. The van der Waals surface area contributed by atoms with Gasteiger partial charge in [0.25, 0.3) is 11.8 Å². The Hall–Kier alpha value is -2.62. The van der Waals surface area contributed by atoms with Crippen molar-refractivity contribution in [2.24, 2.45) is 0 Å². The van der Waals surface area contributed by atoms with Crippen molar-refractivity contribution in [1.82, 2.24) is 4.90 Å². The van der Waals surface area contributed by atoms with E-state index in [1.807, 2.05) is 6.07 Å². The molecule has 0 spiro atoms. The van der Waals surface area contributed by atoms with Crippen molar-refractivity contribution in [1.29, 1.82) is 0 Å². The normalized spacial score (nSPS) is 19.5. The Bertz CT molecular complexity index is 780. The van der Waals surface area contributed by atoms with Crippen LogP contribution in [0, 0.1) is 0 Å². The van der Waals surface area contributed by atoms with Crippen LogP contribution in [0.1, 0.15) is 39.6 Å². The van der Waals surface area contributed by atoms with E-state index >= 15 is 0 Å². The molecule has 0 aromatic heterocycles. The van der Waals surface area contributed by atoms with Crippen molar-refractivity contribution in [3.63, 3.8) is 0 Å². The largest absolute Gasteiger partial charge is 0.367 e. The average molecular weight is 320 g/mol. The zero-order valence-corrected chi connectivity index (χ0v) is 13.7. The molecule has 24 heavy (non-hydrogen) atoms. The lowest BCUT2D eigenvalue weighted by molar-refractivity contribution is 0.0657. The highest BCUT2D eigenvalue weighted by Gasteiger charge is 2.35. The quantitative estimate of drug-likeness (QED) is 0.816. The van der Waals surface area contributed by atoms with Crippen LogP contribution in [0.5, 0.6) is 0 Å². The van der Waals surface area contributed by atoms with E-state index in [1.54, 1.807) is 24.3 Å². The fourth-order valence-electron chi connectivity index (χ4n) is 3.75. The molecule has 1 atom stereocenters. The summed E-state index contributed by atoms with van der Waals surface area (Å²) in [6.07, 6.45) is 2.18. The summed E-state index contributed by atoms with van der Waals surface area (Å²) in [5, 5.41) is 0. The molecule has 2 aliphatic heterocycles. The Balaban J connectivity index is 1.54. The van der Waals surface area contributed by atoms with Gasteiger partial charge in [0, 0.05) is 24.8 Å². The summed E-state index contributed by atoms with van der Waals surface area (Å²) < 4.78 is 0. The number of nitrogens with zero attached hydrogens (tertiary/aromatic N) is 2. The molecule has 2 heterocycles. The molecule has 0 radical (unpaired) electrons. The van der Waals surface area contributed by atoms with Gasteiger partial charge in [0.15, 0.2) is 0 Å². The van der Waals surface area contributed by atoms with Crippen molar-refractivity contribution in [2.75, 3.05) is 18.0 Å². The summed E-state index contributed by atoms with van der Waals surface area (Å²) in [5.74, 6) is -0.345. The minimum Gasteiger partial charge on any atom is -0.367 e. The molecule has 2 amide bonds. The first kappa shape index (κ1) is 14.9. The molecule has 2 aliphatic rings. The van der Waals surface area contributed by atoms with Crippen molar-refractivity contribution >= 4 is 17.5 Å². The third-order valence-electron chi connectivity index (χ3n) is 5.11. The van der Waals surface area contributed by atoms with Gasteiger partial charge in [-0.25, -0.2) is 0 Å². The van der Waals surface area contributed by atoms with Gasteiger partial charge in [-0.1, -0.05) is 30.3 Å². The second-order valence-electron chi connectivity index (χ2n) is 6.52.